The van der Waals surface area contributed by atoms with Crippen LogP contribution in [-0.2, 0) is 16.1 Å². The van der Waals surface area contributed by atoms with Gasteiger partial charge in [-0.25, -0.2) is 19.0 Å². The Morgan fingerprint density at radius 2 is 1.52 bits per heavy atom. The van der Waals surface area contributed by atoms with Crippen molar-refractivity contribution < 1.29 is 23.7 Å². The van der Waals surface area contributed by atoms with Crippen LogP contribution < -0.4 is 4.90 Å². The molecule has 6 nitrogen and oxygen atoms in total. The highest BCUT2D eigenvalue weighted by molar-refractivity contribution is 6.44. The van der Waals surface area contributed by atoms with E-state index in [1.807, 2.05) is 7.05 Å². The summed E-state index contributed by atoms with van der Waals surface area (Å²) in [6.07, 6.45) is 6.19. The number of nitrogens with one attached hydrogen (secondary N) is 1. The van der Waals surface area contributed by atoms with Gasteiger partial charge in [0.2, 0.25) is 0 Å². The molecule has 0 aromatic heterocycles. The Morgan fingerprint density at radius 3 is 2.07 bits per heavy atom. The maximum atomic E-state index is 13.2. The zero-order valence-electron chi connectivity index (χ0n) is 16.7. The first-order valence-electron chi connectivity index (χ1n) is 10.6. The van der Waals surface area contributed by atoms with Crippen LogP contribution in [0.1, 0.15) is 44.1 Å². The van der Waals surface area contributed by atoms with Crippen LogP contribution >= 0.6 is 0 Å². The SMILES string of the molecule is C[NH+](Cc1ccc(F)cc1)CN1C(=O)C(=O)N(C23CC4CC(CC(C4)C2)C3)C1=O. The van der Waals surface area contributed by atoms with Crippen LogP contribution in [0.25, 0.3) is 0 Å². The zero-order valence-corrected chi connectivity index (χ0v) is 16.7. The first kappa shape index (κ1) is 18.7. The van der Waals surface area contributed by atoms with E-state index in [9.17, 15) is 18.8 Å². The van der Waals surface area contributed by atoms with Gasteiger partial charge in [0.25, 0.3) is 0 Å². The van der Waals surface area contributed by atoms with Crippen molar-refractivity contribution >= 4 is 17.8 Å². The fraction of sp³-hybridized carbons (Fsp3) is 0.591. The molecule has 1 N–H and O–H groups in total. The molecule has 0 radical (unpaired) electrons. The van der Waals surface area contributed by atoms with Gasteiger partial charge in [-0.1, -0.05) is 12.1 Å². The average Bonchev–Trinajstić information content (AvgIpc) is 2.86. The van der Waals surface area contributed by atoms with Gasteiger partial charge in [0, 0.05) is 5.56 Å². The molecule has 4 amide bonds. The van der Waals surface area contributed by atoms with Crippen molar-refractivity contribution in [1.29, 1.82) is 0 Å². The van der Waals surface area contributed by atoms with Gasteiger partial charge >= 0.3 is 17.8 Å². The fourth-order valence-electron chi connectivity index (χ4n) is 6.68. The van der Waals surface area contributed by atoms with Crippen molar-refractivity contribution in [3.63, 3.8) is 0 Å². The minimum atomic E-state index is -0.704. The molecule has 1 aromatic carbocycles. The molecule has 4 bridgehead atoms. The van der Waals surface area contributed by atoms with E-state index < -0.39 is 23.4 Å². The molecule has 0 spiro atoms. The number of hydrogen-bond acceptors (Lipinski definition) is 3. The molecule has 4 saturated carbocycles. The predicted octanol–water partition coefficient (Wildman–Crippen LogP) is 1.56. The highest BCUT2D eigenvalue weighted by Crippen LogP contribution is 2.58. The van der Waals surface area contributed by atoms with E-state index in [0.29, 0.717) is 24.3 Å². The summed E-state index contributed by atoms with van der Waals surface area (Å²) in [7, 11) is 1.86. The quantitative estimate of drug-likeness (QED) is 0.603. The number of imide groups is 2. The lowest BCUT2D eigenvalue weighted by molar-refractivity contribution is -0.901. The second-order valence-electron chi connectivity index (χ2n) is 9.72. The zero-order chi connectivity index (χ0) is 20.3. The van der Waals surface area contributed by atoms with E-state index in [1.54, 1.807) is 12.1 Å². The van der Waals surface area contributed by atoms with Crippen LogP contribution in [0.3, 0.4) is 0 Å². The number of hydrogen-bond donors (Lipinski definition) is 1. The van der Waals surface area contributed by atoms with Crippen LogP contribution in [-0.4, -0.2) is 46.9 Å². The largest absolute Gasteiger partial charge is 0.339 e. The molecule has 1 saturated heterocycles. The van der Waals surface area contributed by atoms with Crippen molar-refractivity contribution in [3.05, 3.63) is 35.6 Å². The number of quaternary nitrogens is 1. The molecule has 5 fully saturated rings. The molecular weight excluding hydrogens is 373 g/mol. The van der Waals surface area contributed by atoms with Crippen molar-refractivity contribution in [1.82, 2.24) is 9.80 Å². The summed E-state index contributed by atoms with van der Waals surface area (Å²) in [5, 5.41) is 0. The second kappa shape index (κ2) is 6.62. The first-order chi connectivity index (χ1) is 13.8. The highest BCUT2D eigenvalue weighted by Gasteiger charge is 2.61. The Balaban J connectivity index is 1.32. The number of amides is 4. The third-order valence-electron chi connectivity index (χ3n) is 7.38. The molecule has 154 valence electrons. The van der Waals surface area contributed by atoms with Crippen molar-refractivity contribution in [2.45, 2.75) is 50.6 Å². The van der Waals surface area contributed by atoms with E-state index >= 15 is 0 Å². The number of rotatable bonds is 5. The first-order valence-corrected chi connectivity index (χ1v) is 10.6. The Labute approximate surface area is 169 Å². The van der Waals surface area contributed by atoms with Gasteiger partial charge in [-0.2, -0.15) is 0 Å². The normalized spacial score (nSPS) is 34.4. The Bertz CT molecular complexity index is 833. The average molecular weight is 400 g/mol. The standard InChI is InChI=1S/C22H26FN3O3/c1-24(12-14-2-4-18(23)5-3-14)13-25-19(27)20(28)26(21(25)29)22-9-15-6-16(10-22)8-17(7-15)11-22/h2-5,15-17H,6-13H2,1H3/p+1. The number of benzene rings is 1. The third kappa shape index (κ3) is 3.06. The molecule has 1 aliphatic heterocycles. The summed E-state index contributed by atoms with van der Waals surface area (Å²) in [4.78, 5) is 42.1. The summed E-state index contributed by atoms with van der Waals surface area (Å²) in [5.41, 5.74) is 0.463. The maximum absolute atomic E-state index is 13.2. The van der Waals surface area contributed by atoms with Crippen LogP contribution in [0, 0.1) is 23.6 Å². The lowest BCUT2D eigenvalue weighted by Gasteiger charge is -2.58. The number of urea groups is 1. The summed E-state index contributed by atoms with van der Waals surface area (Å²) in [6, 6.07) is 5.74. The minimum absolute atomic E-state index is 0.129. The predicted molar refractivity (Wildman–Crippen MR) is 102 cm³/mol. The minimum Gasteiger partial charge on any atom is -0.316 e. The molecule has 6 rings (SSSR count). The number of carbonyl (C=O) groups is 3. The number of nitrogens with zero attached hydrogens (tertiary/aromatic N) is 2. The highest BCUT2D eigenvalue weighted by atomic mass is 19.1. The summed E-state index contributed by atoms with van der Waals surface area (Å²) >= 11 is 0. The number of halogens is 1. The van der Waals surface area contributed by atoms with Gasteiger partial charge in [0.1, 0.15) is 12.4 Å². The van der Waals surface area contributed by atoms with Crippen LogP contribution in [0.5, 0.6) is 0 Å². The maximum Gasteiger partial charge on any atom is 0.339 e. The van der Waals surface area contributed by atoms with Gasteiger partial charge in [-0.3, -0.25) is 9.59 Å². The smallest absolute Gasteiger partial charge is 0.316 e. The molecule has 29 heavy (non-hydrogen) atoms. The molecule has 1 heterocycles. The topological polar surface area (TPSA) is 62.1 Å². The van der Waals surface area contributed by atoms with Crippen LogP contribution in [0.4, 0.5) is 9.18 Å². The van der Waals surface area contributed by atoms with E-state index in [2.05, 4.69) is 0 Å². The van der Waals surface area contributed by atoms with Crippen molar-refractivity contribution in [2.75, 3.05) is 13.7 Å². The van der Waals surface area contributed by atoms with E-state index in [0.717, 1.165) is 34.6 Å². The summed E-state index contributed by atoms with van der Waals surface area (Å²) < 4.78 is 13.1. The summed E-state index contributed by atoms with van der Waals surface area (Å²) in [5.74, 6) is 0.0946. The Morgan fingerprint density at radius 1 is 0.966 bits per heavy atom. The van der Waals surface area contributed by atoms with Crippen molar-refractivity contribution in [3.8, 4) is 0 Å². The Kier molecular flexibility index (Phi) is 4.28. The molecular formula is C22H27FN3O3+. The van der Waals surface area contributed by atoms with Gasteiger partial charge < -0.3 is 4.90 Å². The van der Waals surface area contributed by atoms with E-state index in [4.69, 9.17) is 0 Å². The van der Waals surface area contributed by atoms with Gasteiger partial charge in [0.05, 0.1) is 12.6 Å². The molecule has 4 aliphatic carbocycles. The molecule has 7 heteroatoms. The fourth-order valence-corrected chi connectivity index (χ4v) is 6.68. The van der Waals surface area contributed by atoms with Crippen molar-refractivity contribution in [2.24, 2.45) is 17.8 Å². The molecule has 5 aliphatic rings. The van der Waals surface area contributed by atoms with Crippen LogP contribution in [0.2, 0.25) is 0 Å². The lowest BCUT2D eigenvalue weighted by Crippen LogP contribution is -3.09. The second-order valence-corrected chi connectivity index (χ2v) is 9.72. The van der Waals surface area contributed by atoms with E-state index in [1.165, 1.54) is 36.3 Å². The molecule has 1 aromatic rings. The Hall–Kier alpha value is -2.28. The molecule has 1 atom stereocenters. The molecule has 1 unspecified atom stereocenters. The van der Waals surface area contributed by atoms with E-state index in [-0.39, 0.29) is 12.5 Å². The third-order valence-corrected chi connectivity index (χ3v) is 7.38. The monoisotopic (exact) mass is 400 g/mol. The van der Waals surface area contributed by atoms with Crippen LogP contribution in [0.15, 0.2) is 24.3 Å². The van der Waals surface area contributed by atoms with Gasteiger partial charge in [-0.05, 0) is 68.4 Å². The van der Waals surface area contributed by atoms with Gasteiger partial charge in [0.15, 0.2) is 6.67 Å². The lowest BCUT2D eigenvalue weighted by atomic mass is 9.52. The number of carbonyl (C=O) groups excluding carboxylic acids is 3. The van der Waals surface area contributed by atoms with Gasteiger partial charge in [-0.15, -0.1) is 0 Å². The summed E-state index contributed by atoms with van der Waals surface area (Å²) in [6.45, 7) is 0.659.